The van der Waals surface area contributed by atoms with Gasteiger partial charge in [-0.3, -0.25) is 15.1 Å². The first kappa shape index (κ1) is 18.6. The van der Waals surface area contributed by atoms with Crippen molar-refractivity contribution in [3.63, 3.8) is 0 Å². The predicted molar refractivity (Wildman–Crippen MR) is 128 cm³/mol. The van der Waals surface area contributed by atoms with Crippen molar-refractivity contribution in [3.8, 4) is 33.2 Å². The number of nitrogens with one attached hydrogen (secondary N) is 2. The summed E-state index contributed by atoms with van der Waals surface area (Å²) >= 11 is 1.68. The molecule has 32 heavy (non-hydrogen) atoms. The summed E-state index contributed by atoms with van der Waals surface area (Å²) < 4.78 is 0. The number of thiophene rings is 1. The zero-order chi connectivity index (χ0) is 21.7. The van der Waals surface area contributed by atoms with E-state index in [0.717, 1.165) is 54.2 Å². The number of pyridine rings is 3. The van der Waals surface area contributed by atoms with Crippen LogP contribution in [0.4, 0.5) is 0 Å². The third-order valence-corrected chi connectivity index (χ3v) is 6.56. The normalized spacial score (nSPS) is 11.4. The van der Waals surface area contributed by atoms with Gasteiger partial charge in [0.05, 0.1) is 22.9 Å². The minimum Gasteiger partial charge on any atom is -0.335 e. The van der Waals surface area contributed by atoms with Crippen LogP contribution in [0.15, 0.2) is 67.8 Å². The van der Waals surface area contributed by atoms with Crippen LogP contribution in [0.2, 0.25) is 0 Å². The minimum absolute atomic E-state index is 0.646. The van der Waals surface area contributed by atoms with Crippen LogP contribution in [-0.4, -0.2) is 35.1 Å². The Morgan fingerprint density at radius 1 is 0.938 bits per heavy atom. The van der Waals surface area contributed by atoms with E-state index in [-0.39, 0.29) is 0 Å². The molecule has 0 fully saturated rings. The summed E-state index contributed by atoms with van der Waals surface area (Å²) in [4.78, 5) is 24.0. The molecule has 8 heteroatoms. The zero-order valence-electron chi connectivity index (χ0n) is 17.1. The third kappa shape index (κ3) is 3.00. The Morgan fingerprint density at radius 2 is 1.88 bits per heavy atom. The molecule has 0 aromatic carbocycles. The van der Waals surface area contributed by atoms with Gasteiger partial charge in [-0.05, 0) is 48.9 Å². The smallest absolute Gasteiger partial charge is 0.161 e. The van der Waals surface area contributed by atoms with Gasteiger partial charge in [-0.1, -0.05) is 6.58 Å². The second-order valence-corrected chi connectivity index (χ2v) is 8.60. The molecule has 0 atom stereocenters. The topological polar surface area (TPSA) is 96.0 Å². The van der Waals surface area contributed by atoms with Gasteiger partial charge in [-0.25, -0.2) is 9.97 Å². The first-order valence-electron chi connectivity index (χ1n) is 10.0. The highest BCUT2D eigenvalue weighted by molar-refractivity contribution is 7.16. The summed E-state index contributed by atoms with van der Waals surface area (Å²) in [5, 5.41) is 7.56. The molecule has 0 aliphatic carbocycles. The fraction of sp³-hybridized carbons (Fsp3) is 0.0417. The molecule has 154 valence electrons. The van der Waals surface area contributed by atoms with Crippen molar-refractivity contribution in [2.24, 2.45) is 0 Å². The molecule has 0 amide bonds. The highest BCUT2D eigenvalue weighted by atomic mass is 32.1. The van der Waals surface area contributed by atoms with Crippen LogP contribution in [0.3, 0.4) is 0 Å². The maximum absolute atomic E-state index is 4.89. The van der Waals surface area contributed by atoms with E-state index in [0.29, 0.717) is 11.5 Å². The highest BCUT2D eigenvalue weighted by Gasteiger charge is 2.17. The standard InChI is InChI=1S/C24H17N7S/c1-13(2)19-7-8-20(32-19)15-11-26-12-18-21(15)29-24(28-18)23-22-17(30-31-23)6-5-16(27-22)14-4-3-9-25-10-14/h3-12H,1H2,2H3,(H,28,29)(H,30,31). The molecular weight excluding hydrogens is 418 g/mol. The Balaban J connectivity index is 1.49. The molecule has 6 aromatic rings. The molecule has 0 spiro atoms. The average Bonchev–Trinajstić information content (AvgIpc) is 3.56. The molecule has 7 nitrogen and oxygen atoms in total. The van der Waals surface area contributed by atoms with Crippen molar-refractivity contribution < 1.29 is 0 Å². The van der Waals surface area contributed by atoms with Crippen molar-refractivity contribution in [2.75, 3.05) is 0 Å². The van der Waals surface area contributed by atoms with Gasteiger partial charge >= 0.3 is 0 Å². The summed E-state index contributed by atoms with van der Waals surface area (Å²) in [6.45, 7) is 6.05. The first-order valence-corrected chi connectivity index (χ1v) is 10.8. The first-order chi connectivity index (χ1) is 15.7. The van der Waals surface area contributed by atoms with Crippen LogP contribution < -0.4 is 0 Å². The number of aromatic nitrogens is 7. The van der Waals surface area contributed by atoms with E-state index in [1.54, 1.807) is 29.9 Å². The summed E-state index contributed by atoms with van der Waals surface area (Å²) in [6.07, 6.45) is 7.18. The van der Waals surface area contributed by atoms with Gasteiger partial charge < -0.3 is 4.98 Å². The summed E-state index contributed by atoms with van der Waals surface area (Å²) in [7, 11) is 0. The summed E-state index contributed by atoms with van der Waals surface area (Å²) in [6, 6.07) is 12.0. The molecule has 6 aromatic heterocycles. The van der Waals surface area contributed by atoms with E-state index < -0.39 is 0 Å². The van der Waals surface area contributed by atoms with Gasteiger partial charge in [0, 0.05) is 39.5 Å². The summed E-state index contributed by atoms with van der Waals surface area (Å²) in [5.74, 6) is 0.646. The maximum atomic E-state index is 4.89. The van der Waals surface area contributed by atoms with Crippen molar-refractivity contribution in [1.29, 1.82) is 0 Å². The lowest BCUT2D eigenvalue weighted by molar-refractivity contribution is 1.10. The van der Waals surface area contributed by atoms with Gasteiger partial charge in [0.2, 0.25) is 0 Å². The van der Waals surface area contributed by atoms with Crippen LogP contribution in [0.25, 0.3) is 60.9 Å². The van der Waals surface area contributed by atoms with Crippen LogP contribution in [0.5, 0.6) is 0 Å². The average molecular weight is 436 g/mol. The van der Waals surface area contributed by atoms with E-state index in [1.807, 2.05) is 37.4 Å². The second-order valence-electron chi connectivity index (χ2n) is 7.52. The number of aromatic amines is 2. The van der Waals surface area contributed by atoms with Crippen LogP contribution >= 0.6 is 11.3 Å². The SMILES string of the molecule is C=C(C)c1ccc(-c2cncc3[nH]c(-c4n[nH]c5ccc(-c6cccnc6)nc45)nc23)s1. The minimum atomic E-state index is 0.646. The quantitative estimate of drug-likeness (QED) is 0.369. The van der Waals surface area contributed by atoms with Crippen molar-refractivity contribution in [3.05, 3.63) is 72.6 Å². The molecule has 0 bridgehead atoms. The third-order valence-electron chi connectivity index (χ3n) is 5.28. The molecule has 0 unspecified atom stereocenters. The fourth-order valence-electron chi connectivity index (χ4n) is 3.68. The molecule has 0 saturated heterocycles. The number of H-pyrrole nitrogens is 2. The number of nitrogens with zero attached hydrogens (tertiary/aromatic N) is 5. The monoisotopic (exact) mass is 435 g/mol. The molecule has 0 radical (unpaired) electrons. The number of imidazole rings is 1. The van der Waals surface area contributed by atoms with E-state index in [9.17, 15) is 0 Å². The fourth-order valence-corrected chi connectivity index (χ4v) is 4.62. The number of rotatable bonds is 4. The molecule has 6 heterocycles. The van der Waals surface area contributed by atoms with Gasteiger partial charge in [-0.2, -0.15) is 5.10 Å². The van der Waals surface area contributed by atoms with E-state index in [2.05, 4.69) is 43.9 Å². The Kier molecular flexibility index (Phi) is 4.19. The lowest BCUT2D eigenvalue weighted by Crippen LogP contribution is -1.87. The van der Waals surface area contributed by atoms with E-state index >= 15 is 0 Å². The zero-order valence-corrected chi connectivity index (χ0v) is 17.9. The molecule has 2 N–H and O–H groups in total. The predicted octanol–water partition coefficient (Wildman–Crippen LogP) is 5.72. The van der Waals surface area contributed by atoms with Crippen molar-refractivity contribution in [2.45, 2.75) is 6.92 Å². The van der Waals surface area contributed by atoms with Gasteiger partial charge in [0.15, 0.2) is 11.5 Å². The number of allylic oxidation sites excluding steroid dienone is 1. The largest absolute Gasteiger partial charge is 0.335 e. The molecule has 6 rings (SSSR count). The highest BCUT2D eigenvalue weighted by Crippen LogP contribution is 2.35. The van der Waals surface area contributed by atoms with Crippen LogP contribution in [0, 0.1) is 0 Å². The van der Waals surface area contributed by atoms with Gasteiger partial charge in [-0.15, -0.1) is 11.3 Å². The number of hydrogen-bond acceptors (Lipinski definition) is 6. The number of hydrogen-bond donors (Lipinski definition) is 2. The molecular formula is C24H17N7S. The maximum Gasteiger partial charge on any atom is 0.161 e. The summed E-state index contributed by atoms with van der Waals surface area (Å²) in [5.41, 5.74) is 7.76. The molecule has 0 saturated carbocycles. The Labute approximate surface area is 186 Å². The van der Waals surface area contributed by atoms with Crippen LogP contribution in [-0.2, 0) is 0 Å². The van der Waals surface area contributed by atoms with Crippen molar-refractivity contribution in [1.82, 2.24) is 35.1 Å². The van der Waals surface area contributed by atoms with Crippen molar-refractivity contribution >= 4 is 39.0 Å². The van der Waals surface area contributed by atoms with E-state index in [4.69, 9.17) is 9.97 Å². The Hall–Kier alpha value is -4.17. The lowest BCUT2D eigenvalue weighted by Gasteiger charge is -2.00. The molecule has 0 aliphatic heterocycles. The second kappa shape index (κ2) is 7.21. The Bertz CT molecular complexity index is 1610. The van der Waals surface area contributed by atoms with Crippen LogP contribution in [0.1, 0.15) is 11.8 Å². The van der Waals surface area contributed by atoms with Gasteiger partial charge in [0.25, 0.3) is 0 Å². The van der Waals surface area contributed by atoms with Gasteiger partial charge in [0.1, 0.15) is 11.0 Å². The Morgan fingerprint density at radius 3 is 2.69 bits per heavy atom. The number of fused-ring (bicyclic) bond motifs is 2. The molecule has 0 aliphatic rings. The van der Waals surface area contributed by atoms with E-state index in [1.165, 1.54) is 0 Å². The lowest BCUT2D eigenvalue weighted by atomic mass is 10.2.